The molecule has 1 heterocycles. The van der Waals surface area contributed by atoms with Crippen LogP contribution in [-0.4, -0.2) is 34.2 Å². The van der Waals surface area contributed by atoms with Gasteiger partial charge in [0.1, 0.15) is 19.7 Å². The minimum atomic E-state index is -0.0877. The first-order chi connectivity index (χ1) is 6.02. The quantitative estimate of drug-likeness (QED) is 0.375. The number of pyridine rings is 1. The molecular formula is C9H13N2O2+. The summed E-state index contributed by atoms with van der Waals surface area (Å²) < 4.78 is 3.01. The van der Waals surface area contributed by atoms with Crippen molar-refractivity contribution in [2.75, 3.05) is 14.1 Å². The third-order valence-electron chi connectivity index (χ3n) is 1.77. The normalized spacial score (nSPS) is 9.77. The smallest absolute Gasteiger partial charge is 0.368 e. The van der Waals surface area contributed by atoms with Crippen molar-refractivity contribution < 1.29 is 9.68 Å². The van der Waals surface area contributed by atoms with Crippen LogP contribution in [0.5, 0.6) is 0 Å². The SMILES string of the molecule is Cn1cc(C(O)=[N+](C)C)ccc1=O. The molecule has 0 spiro atoms. The summed E-state index contributed by atoms with van der Waals surface area (Å²) in [5.74, 6) is 0.149. The van der Waals surface area contributed by atoms with Crippen molar-refractivity contribution in [2.24, 2.45) is 7.05 Å². The first-order valence-corrected chi connectivity index (χ1v) is 3.92. The predicted molar refractivity (Wildman–Crippen MR) is 50.5 cm³/mol. The van der Waals surface area contributed by atoms with Crippen LogP contribution in [0.15, 0.2) is 23.1 Å². The Morgan fingerprint density at radius 3 is 2.54 bits per heavy atom. The van der Waals surface area contributed by atoms with Gasteiger partial charge in [0.25, 0.3) is 0 Å². The van der Waals surface area contributed by atoms with E-state index in [9.17, 15) is 9.90 Å². The molecule has 1 rings (SSSR count). The molecule has 0 aromatic carbocycles. The number of aliphatic hydroxyl groups excluding tert-OH is 1. The molecule has 0 radical (unpaired) electrons. The van der Waals surface area contributed by atoms with Gasteiger partial charge in [-0.3, -0.25) is 4.79 Å². The van der Waals surface area contributed by atoms with E-state index in [1.54, 1.807) is 38.0 Å². The molecule has 0 aliphatic heterocycles. The summed E-state index contributed by atoms with van der Waals surface area (Å²) in [5.41, 5.74) is 0.544. The van der Waals surface area contributed by atoms with Gasteiger partial charge in [-0.2, -0.15) is 0 Å². The predicted octanol–water partition coefficient (Wildman–Crippen LogP) is -0.0380. The lowest BCUT2D eigenvalue weighted by Crippen LogP contribution is -2.20. The first-order valence-electron chi connectivity index (χ1n) is 3.92. The largest absolute Gasteiger partial charge is 0.460 e. The van der Waals surface area contributed by atoms with E-state index in [1.165, 1.54) is 10.6 Å². The van der Waals surface area contributed by atoms with E-state index < -0.39 is 0 Å². The van der Waals surface area contributed by atoms with Gasteiger partial charge in [0.15, 0.2) is 0 Å². The molecule has 13 heavy (non-hydrogen) atoms. The second-order valence-electron chi connectivity index (χ2n) is 3.08. The second kappa shape index (κ2) is 3.43. The Bertz CT molecular complexity index is 400. The molecule has 70 valence electrons. The lowest BCUT2D eigenvalue weighted by molar-refractivity contribution is -0.472. The lowest BCUT2D eigenvalue weighted by atomic mass is 10.3. The summed E-state index contributed by atoms with van der Waals surface area (Å²) in [6.07, 6.45) is 1.59. The van der Waals surface area contributed by atoms with Crippen molar-refractivity contribution in [3.8, 4) is 0 Å². The summed E-state index contributed by atoms with van der Waals surface area (Å²) >= 11 is 0. The van der Waals surface area contributed by atoms with Crippen molar-refractivity contribution in [3.63, 3.8) is 0 Å². The Hall–Kier alpha value is -1.58. The zero-order valence-corrected chi connectivity index (χ0v) is 7.98. The highest BCUT2D eigenvalue weighted by Gasteiger charge is 2.08. The number of rotatable bonds is 1. The molecule has 0 fully saturated rings. The standard InChI is InChI=1S/C9H12N2O2/c1-10(2)9(13)7-4-5-8(12)11(3)6-7/h4-6H,1-3H3/p+1. The van der Waals surface area contributed by atoms with Crippen molar-refractivity contribution in [2.45, 2.75) is 0 Å². The van der Waals surface area contributed by atoms with E-state index >= 15 is 0 Å². The number of aromatic nitrogens is 1. The maximum absolute atomic E-state index is 11.0. The monoisotopic (exact) mass is 181 g/mol. The zero-order valence-electron chi connectivity index (χ0n) is 7.98. The van der Waals surface area contributed by atoms with Gasteiger partial charge in [0.2, 0.25) is 5.56 Å². The average molecular weight is 181 g/mol. The van der Waals surface area contributed by atoms with E-state index in [4.69, 9.17) is 0 Å². The van der Waals surface area contributed by atoms with Gasteiger partial charge >= 0.3 is 5.90 Å². The third-order valence-corrected chi connectivity index (χ3v) is 1.77. The molecular weight excluding hydrogens is 168 g/mol. The van der Waals surface area contributed by atoms with Crippen LogP contribution in [0.4, 0.5) is 0 Å². The fourth-order valence-corrected chi connectivity index (χ4v) is 0.984. The van der Waals surface area contributed by atoms with Gasteiger partial charge in [0.05, 0.1) is 0 Å². The zero-order chi connectivity index (χ0) is 10.0. The van der Waals surface area contributed by atoms with E-state index in [0.717, 1.165) is 0 Å². The van der Waals surface area contributed by atoms with Gasteiger partial charge in [-0.05, 0) is 6.07 Å². The van der Waals surface area contributed by atoms with Gasteiger partial charge < -0.3 is 9.67 Å². The fraction of sp³-hybridized carbons (Fsp3) is 0.333. The van der Waals surface area contributed by atoms with E-state index in [0.29, 0.717) is 5.56 Å². The van der Waals surface area contributed by atoms with E-state index in [1.807, 2.05) is 0 Å². The van der Waals surface area contributed by atoms with Gasteiger partial charge in [0, 0.05) is 19.3 Å². The highest BCUT2D eigenvalue weighted by molar-refractivity contribution is 5.87. The Morgan fingerprint density at radius 2 is 2.08 bits per heavy atom. The fourth-order valence-electron chi connectivity index (χ4n) is 0.984. The topological polar surface area (TPSA) is 45.2 Å². The van der Waals surface area contributed by atoms with E-state index in [-0.39, 0.29) is 11.5 Å². The molecule has 4 heteroatoms. The van der Waals surface area contributed by atoms with Crippen molar-refractivity contribution >= 4 is 5.90 Å². The lowest BCUT2D eigenvalue weighted by Gasteiger charge is -1.99. The molecule has 1 N–H and O–H groups in total. The van der Waals surface area contributed by atoms with Crippen LogP contribution in [0.2, 0.25) is 0 Å². The summed E-state index contributed by atoms with van der Waals surface area (Å²) in [6.45, 7) is 0. The van der Waals surface area contributed by atoms with Crippen molar-refractivity contribution in [1.29, 1.82) is 0 Å². The Labute approximate surface area is 76.4 Å². The van der Waals surface area contributed by atoms with Crippen LogP contribution in [0, 0.1) is 0 Å². The number of nitrogens with zero attached hydrogens (tertiary/aromatic N) is 2. The van der Waals surface area contributed by atoms with Crippen LogP contribution in [0.1, 0.15) is 5.56 Å². The second-order valence-corrected chi connectivity index (χ2v) is 3.08. The molecule has 1 aromatic rings. The minimum absolute atomic E-state index is 0.0877. The summed E-state index contributed by atoms with van der Waals surface area (Å²) in [6, 6.07) is 3.02. The summed E-state index contributed by atoms with van der Waals surface area (Å²) in [5, 5.41) is 9.54. The Morgan fingerprint density at radius 1 is 1.46 bits per heavy atom. The molecule has 0 saturated heterocycles. The highest BCUT2D eigenvalue weighted by atomic mass is 16.3. The molecule has 0 unspecified atom stereocenters. The molecule has 0 bridgehead atoms. The van der Waals surface area contributed by atoms with Crippen molar-refractivity contribution in [1.82, 2.24) is 4.57 Å². The number of hydrogen-bond donors (Lipinski definition) is 1. The van der Waals surface area contributed by atoms with Crippen LogP contribution >= 0.6 is 0 Å². The van der Waals surface area contributed by atoms with Crippen molar-refractivity contribution in [3.05, 3.63) is 34.2 Å². The Balaban J connectivity index is 3.27. The molecule has 1 aromatic heterocycles. The summed E-state index contributed by atoms with van der Waals surface area (Å²) in [7, 11) is 5.12. The van der Waals surface area contributed by atoms with Gasteiger partial charge in [-0.25, -0.2) is 4.58 Å². The van der Waals surface area contributed by atoms with Crippen LogP contribution < -0.4 is 5.56 Å². The molecule has 4 nitrogen and oxygen atoms in total. The molecule has 0 aliphatic rings. The minimum Gasteiger partial charge on any atom is -0.460 e. The maximum atomic E-state index is 11.0. The number of aliphatic hydroxyl groups is 1. The van der Waals surface area contributed by atoms with Crippen LogP contribution in [0.25, 0.3) is 0 Å². The van der Waals surface area contributed by atoms with E-state index in [2.05, 4.69) is 0 Å². The number of aryl methyl sites for hydroxylation is 1. The average Bonchev–Trinajstić information content (AvgIpc) is 2.08. The molecule has 0 aliphatic carbocycles. The first kappa shape index (κ1) is 9.51. The number of hydrogen-bond acceptors (Lipinski definition) is 1. The third kappa shape index (κ3) is 1.96. The molecule has 0 amide bonds. The van der Waals surface area contributed by atoms with Gasteiger partial charge in [-0.1, -0.05) is 0 Å². The molecule has 0 atom stereocenters. The summed E-state index contributed by atoms with van der Waals surface area (Å²) in [4.78, 5) is 11.0. The van der Waals surface area contributed by atoms with Crippen LogP contribution in [0.3, 0.4) is 0 Å². The Kier molecular flexibility index (Phi) is 2.51. The molecule has 0 saturated carbocycles. The highest BCUT2D eigenvalue weighted by Crippen LogP contribution is 1.94. The van der Waals surface area contributed by atoms with Gasteiger partial charge in [-0.15, -0.1) is 0 Å². The maximum Gasteiger partial charge on any atom is 0.368 e. The van der Waals surface area contributed by atoms with Crippen LogP contribution in [-0.2, 0) is 7.05 Å².